The number of hydrogen-bond acceptors (Lipinski definition) is 5. The molecule has 0 amide bonds. The molecule has 0 fully saturated rings. The summed E-state index contributed by atoms with van der Waals surface area (Å²) < 4.78 is 3.91. The van der Waals surface area contributed by atoms with Gasteiger partial charge in [0.15, 0.2) is 11.5 Å². The molecule has 26 heavy (non-hydrogen) atoms. The fourth-order valence-electron chi connectivity index (χ4n) is 2.99. The largest absolute Gasteiger partial charge is 0.378 e. The lowest BCUT2D eigenvalue weighted by molar-refractivity contribution is 0.546. The molecule has 0 aliphatic heterocycles. The van der Waals surface area contributed by atoms with E-state index < -0.39 is 0 Å². The van der Waals surface area contributed by atoms with Crippen LogP contribution in [0.15, 0.2) is 49.2 Å². The molecule has 1 N–H and O–H groups in total. The maximum Gasteiger partial charge on any atom is 0.161 e. The first-order valence-corrected chi connectivity index (χ1v) is 8.65. The normalized spacial score (nSPS) is 11.4. The molecular weight excluding hydrogens is 326 g/mol. The van der Waals surface area contributed by atoms with E-state index in [2.05, 4.69) is 45.3 Å². The molecule has 0 bridgehead atoms. The van der Waals surface area contributed by atoms with E-state index in [1.54, 1.807) is 12.4 Å². The molecule has 0 atom stereocenters. The van der Waals surface area contributed by atoms with Crippen LogP contribution in [0.4, 0.5) is 5.69 Å². The van der Waals surface area contributed by atoms with Gasteiger partial charge in [0, 0.05) is 42.8 Å². The Morgan fingerprint density at radius 2 is 2.00 bits per heavy atom. The van der Waals surface area contributed by atoms with Gasteiger partial charge in [-0.2, -0.15) is 5.10 Å². The molecule has 7 nitrogen and oxygen atoms in total. The SMILES string of the molecule is Cc1nccn1-c1ncccc1NCc1cnc2c(cnn2C(C)C)c1. The van der Waals surface area contributed by atoms with Gasteiger partial charge in [-0.3, -0.25) is 4.57 Å². The molecule has 0 radical (unpaired) electrons. The fraction of sp³-hybridized carbons (Fsp3) is 0.263. The number of nitrogens with zero attached hydrogens (tertiary/aromatic N) is 6. The van der Waals surface area contributed by atoms with Crippen molar-refractivity contribution in [2.45, 2.75) is 33.4 Å². The third-order valence-electron chi connectivity index (χ3n) is 4.30. The highest BCUT2D eigenvalue weighted by atomic mass is 15.3. The van der Waals surface area contributed by atoms with Crippen LogP contribution < -0.4 is 5.32 Å². The maximum atomic E-state index is 4.59. The molecule has 4 rings (SSSR count). The van der Waals surface area contributed by atoms with E-state index >= 15 is 0 Å². The average Bonchev–Trinajstić information content (AvgIpc) is 3.26. The summed E-state index contributed by atoms with van der Waals surface area (Å²) in [5, 5.41) is 8.94. The number of rotatable bonds is 5. The summed E-state index contributed by atoms with van der Waals surface area (Å²) in [5.41, 5.74) is 2.96. The zero-order valence-corrected chi connectivity index (χ0v) is 15.1. The topological polar surface area (TPSA) is 73.5 Å². The van der Waals surface area contributed by atoms with Crippen molar-refractivity contribution in [3.8, 4) is 5.82 Å². The quantitative estimate of drug-likeness (QED) is 0.598. The lowest BCUT2D eigenvalue weighted by Crippen LogP contribution is -2.07. The molecule has 0 aliphatic carbocycles. The summed E-state index contributed by atoms with van der Waals surface area (Å²) >= 11 is 0. The second-order valence-electron chi connectivity index (χ2n) is 6.51. The van der Waals surface area contributed by atoms with Gasteiger partial charge in [-0.15, -0.1) is 0 Å². The Balaban J connectivity index is 1.58. The molecule has 0 aromatic carbocycles. The highest BCUT2D eigenvalue weighted by Crippen LogP contribution is 2.21. The van der Waals surface area contributed by atoms with Crippen LogP contribution in [0.2, 0.25) is 0 Å². The van der Waals surface area contributed by atoms with Crippen molar-refractivity contribution in [1.82, 2.24) is 29.3 Å². The minimum Gasteiger partial charge on any atom is -0.378 e. The lowest BCUT2D eigenvalue weighted by atomic mass is 10.2. The number of aromatic nitrogens is 6. The van der Waals surface area contributed by atoms with Gasteiger partial charge in [0.05, 0.1) is 11.9 Å². The Morgan fingerprint density at radius 3 is 2.77 bits per heavy atom. The molecule has 7 heteroatoms. The van der Waals surface area contributed by atoms with Crippen molar-refractivity contribution in [2.24, 2.45) is 0 Å². The molecule has 0 saturated heterocycles. The average molecular weight is 347 g/mol. The molecular formula is C19H21N7. The molecule has 0 saturated carbocycles. The zero-order valence-electron chi connectivity index (χ0n) is 15.1. The van der Waals surface area contributed by atoms with Crippen molar-refractivity contribution in [3.05, 3.63) is 60.6 Å². The summed E-state index contributed by atoms with van der Waals surface area (Å²) in [5.74, 6) is 1.74. The van der Waals surface area contributed by atoms with E-state index in [4.69, 9.17) is 0 Å². The summed E-state index contributed by atoms with van der Waals surface area (Å²) in [6.07, 6.45) is 9.24. The number of fused-ring (bicyclic) bond motifs is 1. The highest BCUT2D eigenvalue weighted by Gasteiger charge is 2.10. The maximum absolute atomic E-state index is 4.59. The van der Waals surface area contributed by atoms with E-state index in [1.165, 1.54) is 0 Å². The smallest absolute Gasteiger partial charge is 0.161 e. The van der Waals surface area contributed by atoms with Gasteiger partial charge in [0.25, 0.3) is 0 Å². The number of pyridine rings is 2. The van der Waals surface area contributed by atoms with Crippen LogP contribution in [0.3, 0.4) is 0 Å². The minimum absolute atomic E-state index is 0.292. The number of imidazole rings is 1. The molecule has 0 spiro atoms. The van der Waals surface area contributed by atoms with Gasteiger partial charge in [0.1, 0.15) is 5.82 Å². The highest BCUT2D eigenvalue weighted by molar-refractivity contribution is 5.75. The van der Waals surface area contributed by atoms with Gasteiger partial charge in [0.2, 0.25) is 0 Å². The van der Waals surface area contributed by atoms with Crippen molar-refractivity contribution < 1.29 is 0 Å². The number of nitrogens with one attached hydrogen (secondary N) is 1. The summed E-state index contributed by atoms with van der Waals surface area (Å²) in [7, 11) is 0. The van der Waals surface area contributed by atoms with Gasteiger partial charge in [-0.25, -0.2) is 19.6 Å². The second-order valence-corrected chi connectivity index (χ2v) is 6.51. The van der Waals surface area contributed by atoms with Gasteiger partial charge in [-0.1, -0.05) is 0 Å². The molecule has 4 heterocycles. The minimum atomic E-state index is 0.292. The van der Waals surface area contributed by atoms with Crippen LogP contribution in [0.25, 0.3) is 16.9 Å². The Bertz CT molecular complexity index is 1040. The van der Waals surface area contributed by atoms with Crippen LogP contribution in [-0.2, 0) is 6.54 Å². The van der Waals surface area contributed by atoms with Gasteiger partial charge in [-0.05, 0) is 44.5 Å². The van der Waals surface area contributed by atoms with E-state index in [9.17, 15) is 0 Å². The van der Waals surface area contributed by atoms with Crippen LogP contribution in [0, 0.1) is 6.92 Å². The van der Waals surface area contributed by atoms with Crippen LogP contribution in [0.5, 0.6) is 0 Å². The van der Waals surface area contributed by atoms with Gasteiger partial charge < -0.3 is 5.32 Å². The Morgan fingerprint density at radius 1 is 1.12 bits per heavy atom. The number of hydrogen-bond donors (Lipinski definition) is 1. The molecule has 0 aliphatic rings. The number of aryl methyl sites for hydroxylation is 1. The Kier molecular flexibility index (Phi) is 4.12. The van der Waals surface area contributed by atoms with Crippen LogP contribution >= 0.6 is 0 Å². The zero-order chi connectivity index (χ0) is 18.1. The van der Waals surface area contributed by atoms with Crippen molar-refractivity contribution in [1.29, 1.82) is 0 Å². The van der Waals surface area contributed by atoms with Gasteiger partial charge >= 0.3 is 0 Å². The van der Waals surface area contributed by atoms with E-state index in [0.717, 1.165) is 33.9 Å². The van der Waals surface area contributed by atoms with E-state index in [-0.39, 0.29) is 0 Å². The first-order valence-electron chi connectivity index (χ1n) is 8.65. The summed E-state index contributed by atoms with van der Waals surface area (Å²) in [6, 6.07) is 6.36. The van der Waals surface area contributed by atoms with Crippen molar-refractivity contribution in [3.63, 3.8) is 0 Å². The first-order chi connectivity index (χ1) is 12.6. The molecule has 0 unspecified atom stereocenters. The van der Waals surface area contributed by atoms with E-state index in [0.29, 0.717) is 12.6 Å². The van der Waals surface area contributed by atoms with Crippen molar-refractivity contribution >= 4 is 16.7 Å². The van der Waals surface area contributed by atoms with Crippen LogP contribution in [-0.4, -0.2) is 29.3 Å². The standard InChI is InChI=1S/C19H21N7/c1-13(2)26-18-16(12-24-26)9-15(11-23-18)10-22-17-5-4-6-21-19(17)25-8-7-20-14(25)3/h4-9,11-13,22H,10H2,1-3H3. The summed E-state index contributed by atoms with van der Waals surface area (Å²) in [6.45, 7) is 6.82. The van der Waals surface area contributed by atoms with Crippen LogP contribution in [0.1, 0.15) is 31.3 Å². The third-order valence-corrected chi connectivity index (χ3v) is 4.30. The Hall–Kier alpha value is -3.22. The predicted octanol–water partition coefficient (Wildman–Crippen LogP) is 3.51. The third kappa shape index (κ3) is 2.92. The molecule has 4 aromatic heterocycles. The fourth-order valence-corrected chi connectivity index (χ4v) is 2.99. The number of anilines is 1. The summed E-state index contributed by atoms with van der Waals surface area (Å²) in [4.78, 5) is 13.4. The lowest BCUT2D eigenvalue weighted by Gasteiger charge is -2.12. The molecule has 4 aromatic rings. The predicted molar refractivity (Wildman–Crippen MR) is 101 cm³/mol. The Labute approximate surface area is 151 Å². The second kappa shape index (κ2) is 6.59. The first kappa shape index (κ1) is 16.3. The monoisotopic (exact) mass is 347 g/mol. The van der Waals surface area contributed by atoms with E-state index in [1.807, 2.05) is 46.9 Å². The molecule has 132 valence electrons. The van der Waals surface area contributed by atoms with Crippen molar-refractivity contribution in [2.75, 3.05) is 5.32 Å².